The third-order valence-electron chi connectivity index (χ3n) is 3.05. The van der Waals surface area contributed by atoms with Crippen molar-refractivity contribution in [2.75, 3.05) is 32.1 Å². The Bertz CT molecular complexity index is 214. The minimum Gasteiger partial charge on any atom is -0.356 e. The van der Waals surface area contributed by atoms with Gasteiger partial charge >= 0.3 is 0 Å². The monoisotopic (exact) mass is 261 g/mol. The summed E-state index contributed by atoms with van der Waals surface area (Å²) in [6.45, 7) is 5.32. The molecular weight excluding hydrogens is 234 g/mol. The molecule has 0 saturated heterocycles. The van der Waals surface area contributed by atoms with Gasteiger partial charge in [0.05, 0.1) is 0 Å². The summed E-state index contributed by atoms with van der Waals surface area (Å²) in [5, 5.41) is 2.83. The van der Waals surface area contributed by atoms with E-state index in [2.05, 4.69) is 30.4 Å². The Balaban J connectivity index is 4.36. The third-order valence-corrected chi connectivity index (χ3v) is 3.77. The normalized spacial score (nSPS) is 14.7. The van der Waals surface area contributed by atoms with Gasteiger partial charge in [-0.3, -0.25) is 9.69 Å². The molecule has 0 aliphatic carbocycles. The molecule has 102 valence electrons. The maximum Gasteiger partial charge on any atom is 0.221 e. The molecule has 0 rings (SSSR count). The fraction of sp³-hybridized carbons (Fsp3) is 0.917. The summed E-state index contributed by atoms with van der Waals surface area (Å²) in [6.07, 6.45) is 3.69. The molecule has 0 bridgehead atoms. The van der Waals surface area contributed by atoms with Crippen molar-refractivity contribution in [3.8, 4) is 0 Å². The van der Waals surface area contributed by atoms with Gasteiger partial charge in [0.15, 0.2) is 0 Å². The zero-order chi connectivity index (χ0) is 13.3. The number of nitrogens with zero attached hydrogens (tertiary/aromatic N) is 1. The number of hydrogen-bond donors (Lipinski definition) is 2. The topological polar surface area (TPSA) is 58.4 Å². The van der Waals surface area contributed by atoms with Crippen LogP contribution >= 0.6 is 11.8 Å². The number of carbonyl (C=O) groups is 1. The molecule has 0 aromatic heterocycles. The zero-order valence-electron chi connectivity index (χ0n) is 11.5. The van der Waals surface area contributed by atoms with Crippen LogP contribution in [0.25, 0.3) is 0 Å². The van der Waals surface area contributed by atoms with Crippen molar-refractivity contribution >= 4 is 17.7 Å². The number of hydrogen-bond acceptors (Lipinski definition) is 4. The Morgan fingerprint density at radius 3 is 2.47 bits per heavy atom. The first-order chi connectivity index (χ1) is 8.10. The minimum absolute atomic E-state index is 0.0915. The van der Waals surface area contributed by atoms with E-state index >= 15 is 0 Å². The Labute approximate surface area is 110 Å². The molecule has 0 aliphatic heterocycles. The molecule has 0 aromatic carbocycles. The van der Waals surface area contributed by atoms with E-state index in [0.29, 0.717) is 25.6 Å². The lowest BCUT2D eigenvalue weighted by molar-refractivity contribution is -0.122. The minimum atomic E-state index is 0.0915. The maximum absolute atomic E-state index is 11.6. The largest absolute Gasteiger partial charge is 0.356 e. The number of rotatable bonds is 9. The lowest BCUT2D eigenvalue weighted by Crippen LogP contribution is -2.47. The van der Waals surface area contributed by atoms with Crippen LogP contribution in [0.2, 0.25) is 0 Å². The van der Waals surface area contributed by atoms with Crippen LogP contribution in [-0.2, 0) is 4.79 Å². The van der Waals surface area contributed by atoms with Crippen LogP contribution < -0.4 is 11.1 Å². The van der Waals surface area contributed by atoms with Crippen molar-refractivity contribution in [3.63, 3.8) is 0 Å². The highest BCUT2D eigenvalue weighted by atomic mass is 32.2. The van der Waals surface area contributed by atoms with Crippen molar-refractivity contribution in [3.05, 3.63) is 0 Å². The van der Waals surface area contributed by atoms with Gasteiger partial charge in [-0.25, -0.2) is 0 Å². The number of amides is 1. The predicted molar refractivity (Wildman–Crippen MR) is 76.4 cm³/mol. The van der Waals surface area contributed by atoms with E-state index in [0.717, 1.165) is 12.2 Å². The first-order valence-electron chi connectivity index (χ1n) is 6.28. The van der Waals surface area contributed by atoms with Crippen molar-refractivity contribution in [2.24, 2.45) is 5.73 Å². The number of nitrogens with two attached hydrogens (primary N) is 1. The van der Waals surface area contributed by atoms with Crippen LogP contribution in [0.15, 0.2) is 0 Å². The van der Waals surface area contributed by atoms with Gasteiger partial charge in [-0.05, 0) is 26.6 Å². The Morgan fingerprint density at radius 1 is 1.41 bits per heavy atom. The molecule has 2 atom stereocenters. The number of carbonyl (C=O) groups excluding carboxylic acids is 1. The summed E-state index contributed by atoms with van der Waals surface area (Å²) < 4.78 is 0. The van der Waals surface area contributed by atoms with E-state index < -0.39 is 0 Å². The molecule has 0 heterocycles. The average molecular weight is 261 g/mol. The molecule has 1 amide bonds. The molecule has 3 N–H and O–H groups in total. The van der Waals surface area contributed by atoms with Crippen LogP contribution in [0.3, 0.4) is 0 Å². The van der Waals surface area contributed by atoms with Crippen molar-refractivity contribution in [1.29, 1.82) is 0 Å². The first-order valence-corrected chi connectivity index (χ1v) is 7.67. The standard InChI is InChI=1S/C12H27N3OS/c1-5-10(9-17-4)15(3)11(8-13)7-12(16)14-6-2/h10-11H,5-9,13H2,1-4H3,(H,14,16). The summed E-state index contributed by atoms with van der Waals surface area (Å²) in [7, 11) is 2.07. The van der Waals surface area contributed by atoms with Gasteiger partial charge in [0, 0.05) is 37.3 Å². The van der Waals surface area contributed by atoms with E-state index in [9.17, 15) is 4.79 Å². The Morgan fingerprint density at radius 2 is 2.06 bits per heavy atom. The zero-order valence-corrected chi connectivity index (χ0v) is 12.3. The fourth-order valence-electron chi connectivity index (χ4n) is 1.89. The number of nitrogens with one attached hydrogen (secondary N) is 1. The molecule has 5 heteroatoms. The number of likely N-dealkylation sites (N-methyl/N-ethyl adjacent to an activating group) is 1. The third kappa shape index (κ3) is 6.29. The van der Waals surface area contributed by atoms with Crippen molar-refractivity contribution in [2.45, 2.75) is 38.8 Å². The number of thioether (sulfide) groups is 1. The first kappa shape index (κ1) is 16.7. The molecule has 0 spiro atoms. The highest BCUT2D eigenvalue weighted by Crippen LogP contribution is 2.13. The molecular formula is C12H27N3OS. The van der Waals surface area contributed by atoms with E-state index in [1.165, 1.54) is 0 Å². The van der Waals surface area contributed by atoms with E-state index in [-0.39, 0.29) is 11.9 Å². The van der Waals surface area contributed by atoms with Gasteiger partial charge in [0.1, 0.15) is 0 Å². The van der Waals surface area contributed by atoms with Crippen LogP contribution in [0, 0.1) is 0 Å². The second-order valence-electron chi connectivity index (χ2n) is 4.23. The average Bonchev–Trinajstić information content (AvgIpc) is 2.32. The highest BCUT2D eigenvalue weighted by molar-refractivity contribution is 7.98. The molecule has 17 heavy (non-hydrogen) atoms. The second-order valence-corrected chi connectivity index (χ2v) is 5.14. The van der Waals surface area contributed by atoms with Gasteiger partial charge in [-0.2, -0.15) is 11.8 Å². The Hall–Kier alpha value is -0.260. The summed E-state index contributed by atoms with van der Waals surface area (Å²) >= 11 is 1.84. The molecule has 2 unspecified atom stereocenters. The maximum atomic E-state index is 11.6. The van der Waals surface area contributed by atoms with Gasteiger partial charge in [-0.15, -0.1) is 0 Å². The van der Waals surface area contributed by atoms with E-state index in [1.54, 1.807) is 0 Å². The van der Waals surface area contributed by atoms with Gasteiger partial charge in [-0.1, -0.05) is 6.92 Å². The van der Waals surface area contributed by atoms with Gasteiger partial charge in [0.2, 0.25) is 5.91 Å². The smallest absolute Gasteiger partial charge is 0.221 e. The summed E-state index contributed by atoms with van der Waals surface area (Å²) in [5.41, 5.74) is 5.78. The van der Waals surface area contributed by atoms with Crippen LogP contribution in [-0.4, -0.2) is 55.0 Å². The predicted octanol–water partition coefficient (Wildman–Crippen LogP) is 0.913. The summed E-state index contributed by atoms with van der Waals surface area (Å²) in [4.78, 5) is 13.8. The van der Waals surface area contributed by atoms with E-state index in [1.807, 2.05) is 18.7 Å². The van der Waals surface area contributed by atoms with Crippen LogP contribution in [0.4, 0.5) is 0 Å². The lowest BCUT2D eigenvalue weighted by atomic mass is 10.1. The quantitative estimate of drug-likeness (QED) is 0.648. The van der Waals surface area contributed by atoms with Gasteiger partial charge < -0.3 is 11.1 Å². The van der Waals surface area contributed by atoms with E-state index in [4.69, 9.17) is 5.73 Å². The second kappa shape index (κ2) is 9.74. The molecule has 0 fully saturated rings. The summed E-state index contributed by atoms with van der Waals surface area (Å²) in [5.74, 6) is 1.17. The van der Waals surface area contributed by atoms with Crippen LogP contribution in [0.1, 0.15) is 26.7 Å². The fourth-order valence-corrected chi connectivity index (χ4v) is 2.75. The molecule has 0 aliphatic rings. The Kier molecular flexibility index (Phi) is 9.59. The highest BCUT2D eigenvalue weighted by Gasteiger charge is 2.22. The van der Waals surface area contributed by atoms with Crippen LogP contribution in [0.5, 0.6) is 0 Å². The van der Waals surface area contributed by atoms with Crippen molar-refractivity contribution in [1.82, 2.24) is 10.2 Å². The molecule has 0 saturated carbocycles. The molecule has 4 nitrogen and oxygen atoms in total. The SMILES string of the molecule is CCNC(=O)CC(CN)N(C)C(CC)CSC. The summed E-state index contributed by atoms with van der Waals surface area (Å²) in [6, 6.07) is 0.631. The molecule has 0 aromatic rings. The van der Waals surface area contributed by atoms with Crippen molar-refractivity contribution < 1.29 is 4.79 Å². The van der Waals surface area contributed by atoms with Gasteiger partial charge in [0.25, 0.3) is 0 Å². The molecule has 0 radical (unpaired) electrons. The lowest BCUT2D eigenvalue weighted by Gasteiger charge is -2.33.